The Morgan fingerprint density at radius 3 is 1.50 bits per heavy atom. The highest BCUT2D eigenvalue weighted by molar-refractivity contribution is 4.83. The molecule has 0 aromatic heterocycles. The van der Waals surface area contributed by atoms with Gasteiger partial charge in [0.25, 0.3) is 0 Å². The molecule has 0 saturated carbocycles. The number of aliphatic hydroxyl groups is 1. The zero-order chi connectivity index (χ0) is 11.4. The summed E-state index contributed by atoms with van der Waals surface area (Å²) in [6.45, 7) is 13.1. The van der Waals surface area contributed by atoms with Crippen molar-refractivity contribution in [3.05, 3.63) is 0 Å². The first-order chi connectivity index (χ1) is 6.31. The monoisotopic (exact) mass is 200 g/mol. The molecule has 1 N–H and O–H groups in total. The van der Waals surface area contributed by atoms with Crippen molar-refractivity contribution in [1.82, 2.24) is 0 Å². The van der Waals surface area contributed by atoms with Crippen molar-refractivity contribution in [3.63, 3.8) is 0 Å². The Kier molecular flexibility index (Phi) is 5.14. The van der Waals surface area contributed by atoms with Gasteiger partial charge in [0.2, 0.25) is 0 Å². The van der Waals surface area contributed by atoms with E-state index in [1.807, 2.05) is 0 Å². The van der Waals surface area contributed by atoms with E-state index in [1.165, 1.54) is 19.3 Å². The molecule has 0 amide bonds. The summed E-state index contributed by atoms with van der Waals surface area (Å²) in [5.74, 6) is 0. The first kappa shape index (κ1) is 14.0. The quantitative estimate of drug-likeness (QED) is 0.711. The molecule has 0 aromatic rings. The molecule has 0 spiro atoms. The zero-order valence-corrected chi connectivity index (χ0v) is 10.9. The summed E-state index contributed by atoms with van der Waals surface area (Å²) in [7, 11) is 0. The molecule has 0 bridgehead atoms. The summed E-state index contributed by atoms with van der Waals surface area (Å²) in [4.78, 5) is 0. The molecule has 0 aromatic carbocycles. The van der Waals surface area contributed by atoms with E-state index in [9.17, 15) is 5.11 Å². The maximum absolute atomic E-state index is 10.1. The van der Waals surface area contributed by atoms with Gasteiger partial charge in [0.05, 0.1) is 6.10 Å². The third-order valence-corrected chi connectivity index (χ3v) is 3.88. The first-order valence-corrected chi connectivity index (χ1v) is 5.99. The van der Waals surface area contributed by atoms with Gasteiger partial charge in [0.1, 0.15) is 0 Å². The second-order valence-electron chi connectivity index (χ2n) is 5.65. The average Bonchev–Trinajstić information content (AvgIpc) is 2.12. The summed E-state index contributed by atoms with van der Waals surface area (Å²) in [5, 5.41) is 10.1. The standard InChI is InChI=1S/C13H28O/c1-7-13(8-2,9-3)10-11(14)12(4,5)6/h11,14H,7-10H2,1-6H3. The molecule has 0 aliphatic heterocycles. The summed E-state index contributed by atoms with van der Waals surface area (Å²) in [6.07, 6.45) is 4.29. The van der Waals surface area contributed by atoms with Crippen LogP contribution in [-0.2, 0) is 0 Å². The molecular formula is C13H28O. The predicted octanol–water partition coefficient (Wildman–Crippen LogP) is 4.00. The fourth-order valence-electron chi connectivity index (χ4n) is 1.90. The van der Waals surface area contributed by atoms with Crippen LogP contribution in [0.4, 0.5) is 0 Å². The van der Waals surface area contributed by atoms with Gasteiger partial charge in [-0.05, 0) is 17.3 Å². The molecule has 0 radical (unpaired) electrons. The van der Waals surface area contributed by atoms with Gasteiger partial charge in [-0.1, -0.05) is 60.8 Å². The van der Waals surface area contributed by atoms with Gasteiger partial charge in [-0.2, -0.15) is 0 Å². The number of hydrogen-bond donors (Lipinski definition) is 1. The molecule has 1 heteroatoms. The van der Waals surface area contributed by atoms with Crippen molar-refractivity contribution >= 4 is 0 Å². The number of rotatable bonds is 5. The highest BCUT2D eigenvalue weighted by atomic mass is 16.3. The fourth-order valence-corrected chi connectivity index (χ4v) is 1.90. The lowest BCUT2D eigenvalue weighted by Crippen LogP contribution is -2.33. The SMILES string of the molecule is CCC(CC)(CC)CC(O)C(C)(C)C. The lowest BCUT2D eigenvalue weighted by molar-refractivity contribution is 0.0105. The highest BCUT2D eigenvalue weighted by Gasteiger charge is 2.32. The van der Waals surface area contributed by atoms with Crippen LogP contribution in [0.2, 0.25) is 0 Å². The minimum atomic E-state index is -0.178. The van der Waals surface area contributed by atoms with Crippen molar-refractivity contribution in [2.75, 3.05) is 0 Å². The Morgan fingerprint density at radius 1 is 0.929 bits per heavy atom. The maximum atomic E-state index is 10.1. The van der Waals surface area contributed by atoms with E-state index in [4.69, 9.17) is 0 Å². The molecule has 0 fully saturated rings. The van der Waals surface area contributed by atoms with Gasteiger partial charge in [0, 0.05) is 0 Å². The molecule has 1 unspecified atom stereocenters. The molecule has 86 valence electrons. The van der Waals surface area contributed by atoms with Crippen LogP contribution < -0.4 is 0 Å². The summed E-state index contributed by atoms with van der Waals surface area (Å²) in [5.41, 5.74) is 0.372. The van der Waals surface area contributed by atoms with Crippen LogP contribution in [0.5, 0.6) is 0 Å². The van der Waals surface area contributed by atoms with Gasteiger partial charge in [-0.15, -0.1) is 0 Å². The lowest BCUT2D eigenvalue weighted by atomic mass is 9.71. The molecule has 0 saturated heterocycles. The summed E-state index contributed by atoms with van der Waals surface area (Å²) < 4.78 is 0. The Morgan fingerprint density at radius 2 is 1.29 bits per heavy atom. The Labute approximate surface area is 89.9 Å². The minimum Gasteiger partial charge on any atom is -0.393 e. The third kappa shape index (κ3) is 3.61. The van der Waals surface area contributed by atoms with Crippen molar-refractivity contribution in [2.24, 2.45) is 10.8 Å². The zero-order valence-electron chi connectivity index (χ0n) is 10.9. The van der Waals surface area contributed by atoms with Crippen LogP contribution in [0, 0.1) is 10.8 Å². The van der Waals surface area contributed by atoms with Crippen molar-refractivity contribution in [2.45, 2.75) is 73.3 Å². The van der Waals surface area contributed by atoms with E-state index >= 15 is 0 Å². The number of aliphatic hydroxyl groups excluding tert-OH is 1. The van der Waals surface area contributed by atoms with Crippen LogP contribution in [0.1, 0.15) is 67.2 Å². The largest absolute Gasteiger partial charge is 0.393 e. The fraction of sp³-hybridized carbons (Fsp3) is 1.00. The van der Waals surface area contributed by atoms with E-state index in [-0.39, 0.29) is 11.5 Å². The van der Waals surface area contributed by atoms with Gasteiger partial charge in [-0.3, -0.25) is 0 Å². The minimum absolute atomic E-state index is 0.0186. The smallest absolute Gasteiger partial charge is 0.0593 e. The second-order valence-corrected chi connectivity index (χ2v) is 5.65. The normalized spacial score (nSPS) is 15.6. The van der Waals surface area contributed by atoms with Crippen LogP contribution in [0.25, 0.3) is 0 Å². The molecule has 1 nitrogen and oxygen atoms in total. The van der Waals surface area contributed by atoms with E-state index in [2.05, 4.69) is 41.5 Å². The van der Waals surface area contributed by atoms with E-state index in [0.717, 1.165) is 6.42 Å². The average molecular weight is 200 g/mol. The first-order valence-electron chi connectivity index (χ1n) is 5.99. The van der Waals surface area contributed by atoms with Gasteiger partial charge in [0.15, 0.2) is 0 Å². The van der Waals surface area contributed by atoms with Gasteiger partial charge >= 0.3 is 0 Å². The van der Waals surface area contributed by atoms with Crippen molar-refractivity contribution in [1.29, 1.82) is 0 Å². The van der Waals surface area contributed by atoms with E-state index in [1.54, 1.807) is 0 Å². The van der Waals surface area contributed by atoms with E-state index < -0.39 is 0 Å². The summed E-state index contributed by atoms with van der Waals surface area (Å²) >= 11 is 0. The van der Waals surface area contributed by atoms with Crippen LogP contribution in [-0.4, -0.2) is 11.2 Å². The third-order valence-electron chi connectivity index (χ3n) is 3.88. The molecule has 1 atom stereocenters. The van der Waals surface area contributed by atoms with E-state index in [0.29, 0.717) is 5.41 Å². The van der Waals surface area contributed by atoms with Crippen molar-refractivity contribution < 1.29 is 5.11 Å². The predicted molar refractivity (Wildman–Crippen MR) is 63.4 cm³/mol. The molecule has 0 aliphatic rings. The Balaban J connectivity index is 4.45. The van der Waals surface area contributed by atoms with Crippen LogP contribution in [0.15, 0.2) is 0 Å². The molecular weight excluding hydrogens is 172 g/mol. The second kappa shape index (κ2) is 5.16. The maximum Gasteiger partial charge on any atom is 0.0593 e. The number of hydrogen-bond acceptors (Lipinski definition) is 1. The Hall–Kier alpha value is -0.0400. The van der Waals surface area contributed by atoms with Crippen LogP contribution >= 0.6 is 0 Å². The van der Waals surface area contributed by atoms with Gasteiger partial charge in [-0.25, -0.2) is 0 Å². The van der Waals surface area contributed by atoms with Crippen LogP contribution in [0.3, 0.4) is 0 Å². The van der Waals surface area contributed by atoms with Crippen molar-refractivity contribution in [3.8, 4) is 0 Å². The molecule has 0 aliphatic carbocycles. The van der Waals surface area contributed by atoms with Gasteiger partial charge < -0.3 is 5.11 Å². The summed E-state index contributed by atoms with van der Waals surface area (Å²) in [6, 6.07) is 0. The Bertz CT molecular complexity index is 143. The molecule has 14 heavy (non-hydrogen) atoms. The topological polar surface area (TPSA) is 20.2 Å². The lowest BCUT2D eigenvalue weighted by Gasteiger charge is -2.37. The highest BCUT2D eigenvalue weighted by Crippen LogP contribution is 2.39. The molecule has 0 rings (SSSR count). The molecule has 0 heterocycles.